The molecule has 0 bridgehead atoms. The van der Waals surface area contributed by atoms with Crippen LogP contribution < -0.4 is 5.32 Å². The zero-order valence-electron chi connectivity index (χ0n) is 10.1. The van der Waals surface area contributed by atoms with Gasteiger partial charge < -0.3 is 5.32 Å². The van der Waals surface area contributed by atoms with Gasteiger partial charge in [0.25, 0.3) is 0 Å². The molecule has 2 rings (SSSR count). The van der Waals surface area contributed by atoms with Crippen molar-refractivity contribution in [1.82, 2.24) is 4.98 Å². The summed E-state index contributed by atoms with van der Waals surface area (Å²) in [6, 6.07) is 8.50. The Morgan fingerprint density at radius 3 is 2.65 bits per heavy atom. The highest BCUT2D eigenvalue weighted by Gasteiger charge is 1.99. The highest BCUT2D eigenvalue weighted by molar-refractivity contribution is 7.07. The fraction of sp³-hybridized carbons (Fsp3) is 0.357. The van der Waals surface area contributed by atoms with Crippen molar-refractivity contribution in [3.05, 3.63) is 35.2 Å². The molecular weight excluding hydrogens is 228 g/mol. The van der Waals surface area contributed by atoms with E-state index in [1.165, 1.54) is 30.5 Å². The number of aromatic nitrogens is 1. The molecule has 0 atom stereocenters. The summed E-state index contributed by atoms with van der Waals surface area (Å²) < 4.78 is 0. The monoisotopic (exact) mass is 246 g/mol. The van der Waals surface area contributed by atoms with Gasteiger partial charge in [0.1, 0.15) is 0 Å². The van der Waals surface area contributed by atoms with Crippen LogP contribution in [0.15, 0.2) is 35.2 Å². The number of anilines is 1. The van der Waals surface area contributed by atoms with Gasteiger partial charge in [0.2, 0.25) is 0 Å². The van der Waals surface area contributed by atoms with Crippen LogP contribution in [0.4, 0.5) is 5.69 Å². The maximum absolute atomic E-state index is 4.30. The summed E-state index contributed by atoms with van der Waals surface area (Å²) in [4.78, 5) is 4.30. The van der Waals surface area contributed by atoms with Crippen molar-refractivity contribution in [2.24, 2.45) is 0 Å². The van der Waals surface area contributed by atoms with Gasteiger partial charge in [-0.3, -0.25) is 0 Å². The lowest BCUT2D eigenvalue weighted by Crippen LogP contribution is -2.00. The molecule has 0 saturated heterocycles. The quantitative estimate of drug-likeness (QED) is 0.763. The number of nitrogens with zero attached hydrogens (tertiary/aromatic N) is 1. The van der Waals surface area contributed by atoms with Crippen molar-refractivity contribution in [2.45, 2.75) is 26.2 Å². The summed E-state index contributed by atoms with van der Waals surface area (Å²) in [5, 5.41) is 5.51. The minimum Gasteiger partial charge on any atom is -0.385 e. The Labute approximate surface area is 107 Å². The molecule has 0 aliphatic carbocycles. The maximum atomic E-state index is 4.30. The van der Waals surface area contributed by atoms with E-state index in [-0.39, 0.29) is 0 Å². The lowest BCUT2D eigenvalue weighted by molar-refractivity contribution is 0.744. The van der Waals surface area contributed by atoms with E-state index in [4.69, 9.17) is 0 Å². The molecular formula is C14H18N2S. The topological polar surface area (TPSA) is 24.9 Å². The highest BCUT2D eigenvalue weighted by Crippen LogP contribution is 2.20. The molecule has 0 fully saturated rings. The van der Waals surface area contributed by atoms with E-state index >= 15 is 0 Å². The van der Waals surface area contributed by atoms with Crippen LogP contribution in [0.5, 0.6) is 0 Å². The van der Waals surface area contributed by atoms with Gasteiger partial charge in [-0.05, 0) is 18.6 Å². The Bertz CT molecular complexity index is 420. The van der Waals surface area contributed by atoms with Gasteiger partial charge in [-0.1, -0.05) is 31.9 Å². The molecule has 0 saturated carbocycles. The normalized spacial score (nSPS) is 10.4. The fourth-order valence-corrected chi connectivity index (χ4v) is 2.28. The van der Waals surface area contributed by atoms with Crippen molar-refractivity contribution in [3.8, 4) is 11.3 Å². The Morgan fingerprint density at radius 2 is 2.00 bits per heavy atom. The molecule has 0 aliphatic rings. The van der Waals surface area contributed by atoms with Crippen molar-refractivity contribution < 1.29 is 0 Å². The third-order valence-electron chi connectivity index (χ3n) is 2.72. The largest absolute Gasteiger partial charge is 0.385 e. The lowest BCUT2D eigenvalue weighted by atomic mass is 10.1. The summed E-state index contributed by atoms with van der Waals surface area (Å²) in [6.07, 6.45) is 3.80. The minimum absolute atomic E-state index is 1.06. The van der Waals surface area contributed by atoms with Crippen LogP contribution in [0.3, 0.4) is 0 Å². The van der Waals surface area contributed by atoms with Crippen molar-refractivity contribution >= 4 is 17.0 Å². The molecule has 1 heterocycles. The van der Waals surface area contributed by atoms with Gasteiger partial charge in [-0.15, -0.1) is 11.3 Å². The number of hydrogen-bond acceptors (Lipinski definition) is 3. The van der Waals surface area contributed by atoms with Crippen molar-refractivity contribution in [2.75, 3.05) is 11.9 Å². The molecule has 1 aromatic heterocycles. The number of rotatable bonds is 6. The average molecular weight is 246 g/mol. The van der Waals surface area contributed by atoms with E-state index in [1.54, 1.807) is 11.3 Å². The molecule has 0 aliphatic heterocycles. The Kier molecular flexibility index (Phi) is 4.56. The summed E-state index contributed by atoms with van der Waals surface area (Å²) in [7, 11) is 0. The van der Waals surface area contributed by atoms with Crippen LogP contribution in [0.25, 0.3) is 11.3 Å². The molecule has 2 aromatic rings. The smallest absolute Gasteiger partial charge is 0.0811 e. The van der Waals surface area contributed by atoms with Gasteiger partial charge >= 0.3 is 0 Å². The maximum Gasteiger partial charge on any atom is 0.0811 e. The van der Waals surface area contributed by atoms with Crippen LogP contribution in [-0.4, -0.2) is 11.5 Å². The fourth-order valence-electron chi connectivity index (χ4n) is 1.72. The summed E-state index contributed by atoms with van der Waals surface area (Å²) in [5.41, 5.74) is 5.31. The van der Waals surface area contributed by atoms with Crippen LogP contribution in [0.1, 0.15) is 26.2 Å². The molecule has 2 nitrogen and oxygen atoms in total. The second-order valence-corrected chi connectivity index (χ2v) is 4.80. The van der Waals surface area contributed by atoms with E-state index in [9.17, 15) is 0 Å². The summed E-state index contributed by atoms with van der Waals surface area (Å²) >= 11 is 1.63. The first-order chi connectivity index (χ1) is 8.40. The summed E-state index contributed by atoms with van der Waals surface area (Å²) in [5.74, 6) is 0. The Hall–Kier alpha value is -1.35. The molecule has 0 radical (unpaired) electrons. The third-order valence-corrected chi connectivity index (χ3v) is 3.31. The highest BCUT2D eigenvalue weighted by atomic mass is 32.1. The molecule has 1 N–H and O–H groups in total. The van der Waals surface area contributed by atoms with E-state index in [0.29, 0.717) is 0 Å². The zero-order chi connectivity index (χ0) is 11.9. The van der Waals surface area contributed by atoms with E-state index in [2.05, 4.69) is 46.9 Å². The van der Waals surface area contributed by atoms with Gasteiger partial charge in [-0.2, -0.15) is 0 Å². The van der Waals surface area contributed by atoms with E-state index in [0.717, 1.165) is 12.2 Å². The predicted octanol–water partition coefficient (Wildman–Crippen LogP) is 4.41. The number of thiazole rings is 1. The van der Waals surface area contributed by atoms with E-state index in [1.807, 2.05) is 5.51 Å². The first-order valence-electron chi connectivity index (χ1n) is 6.12. The van der Waals surface area contributed by atoms with Crippen molar-refractivity contribution in [3.63, 3.8) is 0 Å². The zero-order valence-corrected chi connectivity index (χ0v) is 11.0. The SMILES string of the molecule is CCCCCNc1ccc(-c2cscn2)cc1. The van der Waals surface area contributed by atoms with Gasteiger partial charge in [0.05, 0.1) is 11.2 Å². The summed E-state index contributed by atoms with van der Waals surface area (Å²) in [6.45, 7) is 3.28. The molecule has 0 amide bonds. The first-order valence-corrected chi connectivity index (χ1v) is 7.07. The number of unbranched alkanes of at least 4 members (excludes halogenated alkanes) is 2. The molecule has 17 heavy (non-hydrogen) atoms. The molecule has 90 valence electrons. The molecule has 3 heteroatoms. The van der Waals surface area contributed by atoms with Crippen LogP contribution >= 0.6 is 11.3 Å². The van der Waals surface area contributed by atoms with E-state index < -0.39 is 0 Å². The molecule has 0 spiro atoms. The van der Waals surface area contributed by atoms with Gasteiger partial charge in [0.15, 0.2) is 0 Å². The second kappa shape index (κ2) is 6.40. The third kappa shape index (κ3) is 3.56. The average Bonchev–Trinajstić information content (AvgIpc) is 2.89. The van der Waals surface area contributed by atoms with Crippen LogP contribution in [-0.2, 0) is 0 Å². The van der Waals surface area contributed by atoms with Gasteiger partial charge in [0, 0.05) is 23.2 Å². The first kappa shape index (κ1) is 12.1. The second-order valence-electron chi connectivity index (χ2n) is 4.08. The predicted molar refractivity (Wildman–Crippen MR) is 75.6 cm³/mol. The van der Waals surface area contributed by atoms with Crippen LogP contribution in [0, 0.1) is 0 Å². The van der Waals surface area contributed by atoms with Gasteiger partial charge in [-0.25, -0.2) is 4.98 Å². The Balaban J connectivity index is 1.90. The van der Waals surface area contributed by atoms with Crippen molar-refractivity contribution in [1.29, 1.82) is 0 Å². The standard InChI is InChI=1S/C14H18N2S/c1-2-3-4-9-15-13-7-5-12(6-8-13)14-10-17-11-16-14/h5-8,10-11,15H,2-4,9H2,1H3. The number of benzene rings is 1. The van der Waals surface area contributed by atoms with Crippen LogP contribution in [0.2, 0.25) is 0 Å². The molecule has 1 aromatic carbocycles. The minimum atomic E-state index is 1.06. The lowest BCUT2D eigenvalue weighted by Gasteiger charge is -2.06. The Morgan fingerprint density at radius 1 is 1.18 bits per heavy atom. The molecule has 0 unspecified atom stereocenters. The number of hydrogen-bond donors (Lipinski definition) is 1. The number of nitrogens with one attached hydrogen (secondary N) is 1.